The summed E-state index contributed by atoms with van der Waals surface area (Å²) < 4.78 is 29.6. The van der Waals surface area contributed by atoms with Gasteiger partial charge in [-0.1, -0.05) is 13.8 Å². The molecular weight excluding hydrogens is 346 g/mol. The summed E-state index contributed by atoms with van der Waals surface area (Å²) in [5.74, 6) is 0. The highest BCUT2D eigenvalue weighted by Gasteiger charge is 2.29. The van der Waals surface area contributed by atoms with Gasteiger partial charge in [0.25, 0.3) is 10.0 Å². The Labute approximate surface area is 146 Å². The van der Waals surface area contributed by atoms with Crippen LogP contribution in [0.1, 0.15) is 49.1 Å². The summed E-state index contributed by atoms with van der Waals surface area (Å²) in [6, 6.07) is 5.41. The Morgan fingerprint density at radius 1 is 1.33 bits per heavy atom. The Bertz CT molecular complexity index is 810. The number of hydrogen-bond donors (Lipinski definition) is 1. The van der Waals surface area contributed by atoms with Crippen molar-refractivity contribution in [2.75, 3.05) is 6.54 Å². The smallest absolute Gasteiger partial charge is 0.252 e. The average Bonchev–Trinajstić information content (AvgIpc) is 3.17. The van der Waals surface area contributed by atoms with E-state index in [0.29, 0.717) is 42.4 Å². The largest absolute Gasteiger partial charge is 0.387 e. The molecule has 0 radical (unpaired) electrons. The maximum absolute atomic E-state index is 12.9. The lowest BCUT2D eigenvalue weighted by atomic mass is 10.2. The van der Waals surface area contributed by atoms with Crippen LogP contribution in [0.2, 0.25) is 0 Å². The van der Waals surface area contributed by atoms with E-state index in [2.05, 4.69) is 5.10 Å². The number of aliphatic hydroxyl groups excluding tert-OH is 1. The van der Waals surface area contributed by atoms with Crippen LogP contribution in [0.4, 0.5) is 0 Å². The molecule has 24 heavy (non-hydrogen) atoms. The zero-order valence-corrected chi connectivity index (χ0v) is 15.6. The van der Waals surface area contributed by atoms with Crippen molar-refractivity contribution < 1.29 is 13.5 Å². The molecule has 0 aromatic carbocycles. The third-order valence-corrected chi connectivity index (χ3v) is 7.85. The molecule has 3 rings (SSSR count). The number of aryl methyl sites for hydroxylation is 2. The standard InChI is InChI=1S/C16H23N3O3S2/c1-3-13-6-7-16(23-13)24(21,22)18-8-5-9-19-12(11-18)10-14(17-19)15(20)4-2/h6-7,10,15,20H,3-5,8-9,11H2,1-2H3. The fourth-order valence-electron chi connectivity index (χ4n) is 2.85. The SMILES string of the molecule is CCc1ccc(S(=O)(=O)N2CCCn3nc(C(O)CC)cc3C2)s1. The molecule has 1 atom stereocenters. The Morgan fingerprint density at radius 3 is 2.79 bits per heavy atom. The molecule has 0 aliphatic carbocycles. The van der Waals surface area contributed by atoms with Crippen molar-refractivity contribution in [1.29, 1.82) is 0 Å². The first-order chi connectivity index (χ1) is 11.5. The second-order valence-corrected chi connectivity index (χ2v) is 9.31. The van der Waals surface area contributed by atoms with Crippen LogP contribution in [-0.2, 0) is 29.5 Å². The molecule has 0 spiro atoms. The van der Waals surface area contributed by atoms with E-state index < -0.39 is 16.1 Å². The molecule has 3 heterocycles. The summed E-state index contributed by atoms with van der Waals surface area (Å²) in [6.45, 7) is 5.37. The first-order valence-electron chi connectivity index (χ1n) is 8.29. The summed E-state index contributed by atoms with van der Waals surface area (Å²) >= 11 is 1.34. The van der Waals surface area contributed by atoms with Gasteiger partial charge < -0.3 is 5.11 Å². The quantitative estimate of drug-likeness (QED) is 0.879. The van der Waals surface area contributed by atoms with Crippen LogP contribution in [0, 0.1) is 0 Å². The van der Waals surface area contributed by atoms with Crippen LogP contribution in [0.3, 0.4) is 0 Å². The van der Waals surface area contributed by atoms with E-state index in [1.165, 1.54) is 15.6 Å². The number of sulfonamides is 1. The predicted octanol–water partition coefficient (Wildman–Crippen LogP) is 2.55. The van der Waals surface area contributed by atoms with E-state index in [4.69, 9.17) is 0 Å². The molecule has 1 unspecified atom stereocenters. The lowest BCUT2D eigenvalue weighted by Gasteiger charge is -2.18. The first kappa shape index (κ1) is 17.6. The molecular formula is C16H23N3O3S2. The van der Waals surface area contributed by atoms with Gasteiger partial charge in [-0.2, -0.15) is 9.40 Å². The molecule has 8 heteroatoms. The van der Waals surface area contributed by atoms with Crippen LogP contribution >= 0.6 is 11.3 Å². The van der Waals surface area contributed by atoms with Gasteiger partial charge in [0.2, 0.25) is 0 Å². The highest BCUT2D eigenvalue weighted by molar-refractivity contribution is 7.91. The summed E-state index contributed by atoms with van der Waals surface area (Å²) in [4.78, 5) is 1.07. The van der Waals surface area contributed by atoms with Crippen molar-refractivity contribution >= 4 is 21.4 Å². The molecule has 0 bridgehead atoms. The Hall–Kier alpha value is -1.22. The molecule has 2 aromatic heterocycles. The number of thiophene rings is 1. The van der Waals surface area contributed by atoms with Crippen LogP contribution in [-0.4, -0.2) is 34.2 Å². The van der Waals surface area contributed by atoms with E-state index in [9.17, 15) is 13.5 Å². The summed E-state index contributed by atoms with van der Waals surface area (Å²) in [5.41, 5.74) is 1.46. The van der Waals surface area contributed by atoms with Gasteiger partial charge in [0.15, 0.2) is 0 Å². The molecule has 0 amide bonds. The molecule has 132 valence electrons. The second kappa shape index (κ2) is 6.95. The van der Waals surface area contributed by atoms with E-state index in [1.54, 1.807) is 6.07 Å². The van der Waals surface area contributed by atoms with Gasteiger partial charge in [-0.15, -0.1) is 11.3 Å². The average molecular weight is 370 g/mol. The van der Waals surface area contributed by atoms with Gasteiger partial charge in [0.1, 0.15) is 4.21 Å². The Morgan fingerprint density at radius 2 is 2.12 bits per heavy atom. The minimum absolute atomic E-state index is 0.297. The molecule has 6 nitrogen and oxygen atoms in total. The monoisotopic (exact) mass is 369 g/mol. The minimum atomic E-state index is -3.49. The van der Waals surface area contributed by atoms with Crippen LogP contribution in [0.25, 0.3) is 0 Å². The molecule has 0 fully saturated rings. The van der Waals surface area contributed by atoms with Gasteiger partial charge in [0, 0.05) is 18.0 Å². The van der Waals surface area contributed by atoms with E-state index in [1.807, 2.05) is 30.7 Å². The lowest BCUT2D eigenvalue weighted by Crippen LogP contribution is -2.30. The molecule has 1 aliphatic rings. The minimum Gasteiger partial charge on any atom is -0.387 e. The Balaban J connectivity index is 1.88. The first-order valence-corrected chi connectivity index (χ1v) is 10.5. The van der Waals surface area contributed by atoms with E-state index in [0.717, 1.165) is 17.0 Å². The lowest BCUT2D eigenvalue weighted by molar-refractivity contribution is 0.167. The maximum Gasteiger partial charge on any atom is 0.252 e. The number of fused-ring (bicyclic) bond motifs is 1. The zero-order chi connectivity index (χ0) is 17.3. The van der Waals surface area contributed by atoms with Crippen molar-refractivity contribution in [3.8, 4) is 0 Å². The van der Waals surface area contributed by atoms with Gasteiger partial charge in [0.05, 0.1) is 24.0 Å². The third-order valence-electron chi connectivity index (χ3n) is 4.31. The highest BCUT2D eigenvalue weighted by atomic mass is 32.2. The van der Waals surface area contributed by atoms with Crippen molar-refractivity contribution in [1.82, 2.24) is 14.1 Å². The van der Waals surface area contributed by atoms with E-state index >= 15 is 0 Å². The molecule has 1 aliphatic heterocycles. The highest BCUT2D eigenvalue weighted by Crippen LogP contribution is 2.28. The predicted molar refractivity (Wildman–Crippen MR) is 93.4 cm³/mol. The van der Waals surface area contributed by atoms with Crippen molar-refractivity contribution in [2.24, 2.45) is 0 Å². The number of hydrogen-bond acceptors (Lipinski definition) is 5. The van der Waals surface area contributed by atoms with Gasteiger partial charge in [-0.25, -0.2) is 8.42 Å². The number of aliphatic hydroxyl groups is 1. The second-order valence-electron chi connectivity index (χ2n) is 5.97. The summed E-state index contributed by atoms with van der Waals surface area (Å²) in [6.07, 6.45) is 1.54. The van der Waals surface area contributed by atoms with Gasteiger partial charge >= 0.3 is 0 Å². The molecule has 0 saturated heterocycles. The van der Waals surface area contributed by atoms with Crippen LogP contribution < -0.4 is 0 Å². The molecule has 2 aromatic rings. The van der Waals surface area contributed by atoms with Crippen molar-refractivity contribution in [3.63, 3.8) is 0 Å². The zero-order valence-electron chi connectivity index (χ0n) is 14.0. The van der Waals surface area contributed by atoms with Crippen molar-refractivity contribution in [2.45, 2.75) is 56.5 Å². The van der Waals surface area contributed by atoms with E-state index in [-0.39, 0.29) is 0 Å². The van der Waals surface area contributed by atoms with Crippen LogP contribution in [0.15, 0.2) is 22.4 Å². The fourth-order valence-corrected chi connectivity index (χ4v) is 5.75. The summed E-state index contributed by atoms with van der Waals surface area (Å²) in [5, 5.41) is 14.4. The van der Waals surface area contributed by atoms with Crippen LogP contribution in [0.5, 0.6) is 0 Å². The molecule has 1 N–H and O–H groups in total. The normalized spacial score (nSPS) is 17.5. The summed E-state index contributed by atoms with van der Waals surface area (Å²) in [7, 11) is -3.49. The van der Waals surface area contributed by atoms with Gasteiger partial charge in [-0.3, -0.25) is 4.68 Å². The fraction of sp³-hybridized carbons (Fsp3) is 0.562. The number of aromatic nitrogens is 2. The topological polar surface area (TPSA) is 75.4 Å². The maximum atomic E-state index is 12.9. The van der Waals surface area contributed by atoms with Gasteiger partial charge in [-0.05, 0) is 37.5 Å². The van der Waals surface area contributed by atoms with Crippen molar-refractivity contribution in [3.05, 3.63) is 34.5 Å². The Kier molecular flexibility index (Phi) is 5.10. The number of nitrogens with zero attached hydrogens (tertiary/aromatic N) is 3. The third kappa shape index (κ3) is 3.28. The number of rotatable bonds is 5. The molecule has 0 saturated carbocycles.